The SMILES string of the molecule is C.CC.CC.CC.CC.CC.CC.CC.CC.CC.CC.CC(C)(C)C.CC1(C)CCCCC1.CCC.COC.CSC.c1ccccc1.c1ccccc1.c1ccccc1.c1ccccc1.c1ccccc1.c1ccccc1.c1ccccc1. The number of hydrogen-bond donors (Lipinski definition) is 0. The van der Waals surface area contributed by atoms with Gasteiger partial charge in [0, 0.05) is 14.2 Å². The molecule has 0 heterocycles. The van der Waals surface area contributed by atoms with Gasteiger partial charge in [-0.1, -0.05) is 482 Å². The van der Waals surface area contributed by atoms with Crippen LogP contribution in [-0.2, 0) is 4.74 Å². The van der Waals surface area contributed by atoms with Gasteiger partial charge in [0.15, 0.2) is 0 Å². The smallest absolute Gasteiger partial charge is 0.0351 e. The predicted octanol–water partition coefficient (Wildman–Crippen LogP) is 30.4. The molecular formula is C83H154OS. The third kappa shape index (κ3) is 212. The molecule has 7 aromatic carbocycles. The van der Waals surface area contributed by atoms with Crippen LogP contribution in [0.3, 0.4) is 0 Å². The summed E-state index contributed by atoms with van der Waals surface area (Å²) in [5, 5.41) is 0. The van der Waals surface area contributed by atoms with Crippen LogP contribution < -0.4 is 0 Å². The van der Waals surface area contributed by atoms with Gasteiger partial charge < -0.3 is 4.74 Å². The van der Waals surface area contributed by atoms with E-state index < -0.39 is 0 Å². The second-order valence-corrected chi connectivity index (χ2v) is 17.1. The zero-order valence-corrected chi connectivity index (χ0v) is 63.1. The quantitative estimate of drug-likeness (QED) is 0.150. The van der Waals surface area contributed by atoms with Crippen molar-refractivity contribution in [3.63, 3.8) is 0 Å². The van der Waals surface area contributed by atoms with E-state index in [1.54, 1.807) is 26.0 Å². The minimum atomic E-state index is 0. The summed E-state index contributed by atoms with van der Waals surface area (Å²) in [4.78, 5) is 0. The molecule has 2 heteroatoms. The van der Waals surface area contributed by atoms with Crippen LogP contribution in [0.5, 0.6) is 0 Å². The molecule has 0 atom stereocenters. The van der Waals surface area contributed by atoms with Crippen LogP contribution in [0, 0.1) is 10.8 Å². The molecule has 0 aromatic heterocycles. The highest BCUT2D eigenvalue weighted by Gasteiger charge is 2.19. The van der Waals surface area contributed by atoms with E-state index in [4.69, 9.17) is 0 Å². The molecule has 8 rings (SSSR count). The lowest BCUT2D eigenvalue weighted by Crippen LogP contribution is -2.14. The summed E-state index contributed by atoms with van der Waals surface area (Å²) in [5.41, 5.74) is 1.18. The lowest BCUT2D eigenvalue weighted by atomic mass is 9.78. The van der Waals surface area contributed by atoms with E-state index in [0.29, 0.717) is 10.8 Å². The maximum atomic E-state index is 4.25. The van der Waals surface area contributed by atoms with Crippen LogP contribution in [0.25, 0.3) is 0 Å². The number of benzene rings is 7. The number of ether oxygens (including phenoxy) is 1. The molecule has 7 aromatic rings. The Kier molecular flexibility index (Phi) is 205. The highest BCUT2D eigenvalue weighted by Crippen LogP contribution is 2.34. The highest BCUT2D eigenvalue weighted by molar-refractivity contribution is 7.97. The first-order valence-electron chi connectivity index (χ1n) is 32.8. The number of hydrogen-bond acceptors (Lipinski definition) is 2. The fourth-order valence-corrected chi connectivity index (χ4v) is 4.20. The Morgan fingerprint density at radius 3 is 0.365 bits per heavy atom. The second kappa shape index (κ2) is 148. The minimum absolute atomic E-state index is 0. The Morgan fingerprint density at radius 2 is 0.329 bits per heavy atom. The Morgan fingerprint density at radius 1 is 0.271 bits per heavy atom. The van der Waals surface area contributed by atoms with Gasteiger partial charge in [-0.3, -0.25) is 0 Å². The first-order chi connectivity index (χ1) is 40.9. The van der Waals surface area contributed by atoms with Crippen molar-refractivity contribution < 1.29 is 4.74 Å². The van der Waals surface area contributed by atoms with E-state index in [1.807, 2.05) is 406 Å². The third-order valence-electron chi connectivity index (χ3n) is 6.87. The molecule has 0 N–H and O–H groups in total. The lowest BCUT2D eigenvalue weighted by molar-refractivity contribution is 0.244. The molecule has 85 heavy (non-hydrogen) atoms. The lowest BCUT2D eigenvalue weighted by Gasteiger charge is -2.28. The van der Waals surface area contributed by atoms with Crippen molar-refractivity contribution in [2.75, 3.05) is 26.7 Å². The van der Waals surface area contributed by atoms with Crippen molar-refractivity contribution in [2.45, 2.75) is 240 Å². The average molecular weight is 1200 g/mol. The van der Waals surface area contributed by atoms with Crippen molar-refractivity contribution in [3.05, 3.63) is 255 Å². The molecule has 1 fully saturated rings. The van der Waals surface area contributed by atoms with E-state index in [2.05, 4.69) is 60.1 Å². The molecule has 0 unspecified atom stereocenters. The van der Waals surface area contributed by atoms with Crippen LogP contribution in [0.15, 0.2) is 255 Å². The number of rotatable bonds is 0. The second-order valence-electron chi connectivity index (χ2n) is 16.3. The Labute approximate surface area is 545 Å². The van der Waals surface area contributed by atoms with Crippen molar-refractivity contribution in [2.24, 2.45) is 10.8 Å². The monoisotopic (exact) mass is 1200 g/mol. The molecule has 0 amide bonds. The van der Waals surface area contributed by atoms with Crippen molar-refractivity contribution >= 4 is 11.8 Å². The predicted molar refractivity (Wildman–Crippen MR) is 416 cm³/mol. The van der Waals surface area contributed by atoms with Crippen molar-refractivity contribution in [3.8, 4) is 0 Å². The molecule has 0 spiro atoms. The summed E-state index contributed by atoms with van der Waals surface area (Å²) < 4.78 is 4.25. The molecule has 0 aliphatic heterocycles. The van der Waals surface area contributed by atoms with Gasteiger partial charge in [-0.25, -0.2) is 0 Å². The van der Waals surface area contributed by atoms with Crippen LogP contribution in [0.4, 0.5) is 0 Å². The first-order valence-corrected chi connectivity index (χ1v) is 34.4. The molecule has 1 nitrogen and oxygen atoms in total. The molecular weight excluding hydrogens is 1040 g/mol. The van der Waals surface area contributed by atoms with Crippen LogP contribution >= 0.6 is 11.8 Å². The number of methoxy groups -OCH3 is 1. The molecule has 1 saturated carbocycles. The van der Waals surface area contributed by atoms with Gasteiger partial charge in [0.05, 0.1) is 0 Å². The molecule has 0 radical (unpaired) electrons. The normalized spacial score (nSPS) is 8.61. The topological polar surface area (TPSA) is 9.23 Å². The van der Waals surface area contributed by atoms with Crippen molar-refractivity contribution in [1.29, 1.82) is 0 Å². The zero-order valence-electron chi connectivity index (χ0n) is 62.3. The van der Waals surface area contributed by atoms with Gasteiger partial charge in [-0.05, 0) is 36.2 Å². The van der Waals surface area contributed by atoms with Crippen LogP contribution in [0.2, 0.25) is 0 Å². The van der Waals surface area contributed by atoms with E-state index in [-0.39, 0.29) is 7.43 Å². The van der Waals surface area contributed by atoms with Gasteiger partial charge in [0.2, 0.25) is 0 Å². The largest absolute Gasteiger partial charge is 0.388 e. The fourth-order valence-electron chi connectivity index (χ4n) is 4.20. The zero-order chi connectivity index (χ0) is 68.4. The van der Waals surface area contributed by atoms with Crippen LogP contribution in [0.1, 0.15) is 240 Å². The summed E-state index contributed by atoms with van der Waals surface area (Å²) in [6.07, 6.45) is 12.6. The molecule has 0 saturated heterocycles. The number of thioether (sulfide) groups is 1. The average Bonchev–Trinajstić information content (AvgIpc) is 3.60. The van der Waals surface area contributed by atoms with Gasteiger partial charge in [0.1, 0.15) is 0 Å². The Hall–Kier alpha value is -5.15. The summed E-state index contributed by atoms with van der Waals surface area (Å²) >= 11 is 1.75. The summed E-state index contributed by atoms with van der Waals surface area (Å²) in [5.74, 6) is 0. The molecule has 0 bridgehead atoms. The fraction of sp³-hybridized carbons (Fsp3) is 0.494. The molecule has 1 aliphatic carbocycles. The van der Waals surface area contributed by atoms with E-state index in [9.17, 15) is 0 Å². The maximum absolute atomic E-state index is 4.25. The van der Waals surface area contributed by atoms with Gasteiger partial charge in [-0.2, -0.15) is 11.8 Å². The first kappa shape index (κ1) is 118. The van der Waals surface area contributed by atoms with E-state index in [0.717, 1.165) is 0 Å². The van der Waals surface area contributed by atoms with Gasteiger partial charge >= 0.3 is 0 Å². The molecule has 498 valence electrons. The van der Waals surface area contributed by atoms with Crippen LogP contribution in [-0.4, -0.2) is 26.7 Å². The van der Waals surface area contributed by atoms with Gasteiger partial charge in [0.25, 0.3) is 0 Å². The Bertz CT molecular complexity index is 1130. The maximum Gasteiger partial charge on any atom is 0.0351 e. The van der Waals surface area contributed by atoms with E-state index in [1.165, 1.54) is 38.5 Å². The standard InChI is InChI=1S/C8H16.7C6H6.C5H12.C3H8.C2H6O.C2H6S.10C2H6.CH4/c1-8(2)6-4-3-5-7-8;7*1-2-4-6-5-3-1;1-5(2,3)4;3*1-3-2;10*1-2;/h3-7H2,1-2H3;7*1-6H;1-4H3;3H2,1-2H3;2*1-2H3;10*1-2H3;1H4. The summed E-state index contributed by atoms with van der Waals surface area (Å²) in [6.45, 7) is 57.8. The summed E-state index contributed by atoms with van der Waals surface area (Å²) in [6, 6.07) is 84.0. The summed E-state index contributed by atoms with van der Waals surface area (Å²) in [7, 11) is 3.25. The van der Waals surface area contributed by atoms with E-state index >= 15 is 0 Å². The Balaban J connectivity index is -0.0000000473. The van der Waals surface area contributed by atoms with Crippen molar-refractivity contribution in [1.82, 2.24) is 0 Å². The minimum Gasteiger partial charge on any atom is -0.388 e. The van der Waals surface area contributed by atoms with Gasteiger partial charge in [-0.15, -0.1) is 0 Å². The molecule has 1 aliphatic rings. The third-order valence-corrected chi connectivity index (χ3v) is 6.87. The highest BCUT2D eigenvalue weighted by atomic mass is 32.2.